The van der Waals surface area contributed by atoms with Crippen LogP contribution in [0.2, 0.25) is 0 Å². The Labute approximate surface area is 134 Å². The molecule has 3 fully saturated rings. The second-order valence-corrected chi connectivity index (χ2v) is 7.02. The lowest BCUT2D eigenvalue weighted by molar-refractivity contribution is -0.134. The van der Waals surface area contributed by atoms with Crippen molar-refractivity contribution in [2.24, 2.45) is 10.8 Å². The lowest BCUT2D eigenvalue weighted by Gasteiger charge is -2.24. The summed E-state index contributed by atoms with van der Waals surface area (Å²) in [5.41, 5.74) is -0.954. The molecule has 0 N–H and O–H groups in total. The van der Waals surface area contributed by atoms with E-state index < -0.39 is 5.41 Å². The fourth-order valence-corrected chi connectivity index (χ4v) is 3.80. The van der Waals surface area contributed by atoms with Crippen molar-refractivity contribution in [3.8, 4) is 6.07 Å². The van der Waals surface area contributed by atoms with E-state index in [0.29, 0.717) is 44.7 Å². The van der Waals surface area contributed by atoms with Gasteiger partial charge in [0.1, 0.15) is 11.2 Å². The smallest absolute Gasteiger partial charge is 0.243 e. The molecule has 3 aliphatic rings. The van der Waals surface area contributed by atoms with Crippen LogP contribution in [0.3, 0.4) is 0 Å². The molecule has 2 aliphatic heterocycles. The maximum absolute atomic E-state index is 12.5. The molecule has 0 radical (unpaired) electrons. The van der Waals surface area contributed by atoms with E-state index in [1.165, 1.54) is 0 Å². The Morgan fingerprint density at radius 2 is 2.09 bits per heavy atom. The Morgan fingerprint density at radius 3 is 2.74 bits per heavy atom. The molecule has 1 spiro atoms. The number of aromatic nitrogens is 1. The second-order valence-electron chi connectivity index (χ2n) is 7.02. The maximum atomic E-state index is 12.5. The molecule has 6 nitrogen and oxygen atoms in total. The molecule has 1 atom stereocenters. The van der Waals surface area contributed by atoms with Crippen LogP contribution in [0.4, 0.5) is 5.82 Å². The highest BCUT2D eigenvalue weighted by Crippen LogP contribution is 2.49. The second kappa shape index (κ2) is 4.79. The van der Waals surface area contributed by atoms with Crippen LogP contribution in [0.25, 0.3) is 0 Å². The van der Waals surface area contributed by atoms with E-state index >= 15 is 0 Å². The third-order valence-electron chi connectivity index (χ3n) is 5.35. The first kappa shape index (κ1) is 14.2. The summed E-state index contributed by atoms with van der Waals surface area (Å²) in [6.07, 6.45) is 4.29. The number of carbonyl (C=O) groups excluding carboxylic acids is 2. The molecule has 1 aromatic heterocycles. The number of amides is 2. The predicted molar refractivity (Wildman–Crippen MR) is 82.1 cm³/mol. The van der Waals surface area contributed by atoms with Crippen molar-refractivity contribution in [3.63, 3.8) is 0 Å². The molecule has 23 heavy (non-hydrogen) atoms. The van der Waals surface area contributed by atoms with Gasteiger partial charge >= 0.3 is 0 Å². The molecule has 118 valence electrons. The van der Waals surface area contributed by atoms with Crippen molar-refractivity contribution < 1.29 is 9.59 Å². The molecule has 0 aromatic carbocycles. The first-order chi connectivity index (χ1) is 11.1. The number of hydrogen-bond donors (Lipinski definition) is 0. The van der Waals surface area contributed by atoms with Crippen LogP contribution < -0.4 is 4.90 Å². The Hall–Kier alpha value is -2.42. The van der Waals surface area contributed by atoms with Gasteiger partial charge in [0.05, 0.1) is 6.07 Å². The van der Waals surface area contributed by atoms with Crippen molar-refractivity contribution in [2.45, 2.75) is 25.7 Å². The summed E-state index contributed by atoms with van der Waals surface area (Å²) >= 11 is 0. The lowest BCUT2D eigenvalue weighted by atomic mass is 9.86. The minimum Gasteiger partial charge on any atom is -0.341 e. The molecule has 0 unspecified atom stereocenters. The van der Waals surface area contributed by atoms with Crippen LogP contribution in [-0.4, -0.2) is 41.3 Å². The number of hydrogen-bond acceptors (Lipinski definition) is 4. The SMILES string of the molecule is N#CC1(C(=O)N2CC[C@@]3(CC(=O)N(c4ccccn4)C3)C2)CC1. The first-order valence-corrected chi connectivity index (χ1v) is 8.00. The summed E-state index contributed by atoms with van der Waals surface area (Å²) in [7, 11) is 0. The van der Waals surface area contributed by atoms with Crippen molar-refractivity contribution in [3.05, 3.63) is 24.4 Å². The van der Waals surface area contributed by atoms with Gasteiger partial charge in [-0.25, -0.2) is 4.98 Å². The molecule has 3 heterocycles. The van der Waals surface area contributed by atoms with Gasteiger partial charge in [-0.05, 0) is 31.4 Å². The first-order valence-electron chi connectivity index (χ1n) is 8.00. The summed E-state index contributed by atoms with van der Waals surface area (Å²) in [6, 6.07) is 7.71. The van der Waals surface area contributed by atoms with Crippen LogP contribution in [0.1, 0.15) is 25.7 Å². The third kappa shape index (κ3) is 2.19. The Balaban J connectivity index is 1.50. The molecule has 2 saturated heterocycles. The number of nitriles is 1. The molecule has 4 rings (SSSR count). The molecular formula is C17H18N4O2. The predicted octanol–water partition coefficient (Wildman–Crippen LogP) is 1.34. The van der Waals surface area contributed by atoms with E-state index in [1.807, 2.05) is 18.2 Å². The minimum absolute atomic E-state index is 0.0411. The fraction of sp³-hybridized carbons (Fsp3) is 0.529. The summed E-state index contributed by atoms with van der Waals surface area (Å²) in [6.45, 7) is 1.82. The molecule has 2 amide bonds. The van der Waals surface area contributed by atoms with Crippen molar-refractivity contribution >= 4 is 17.6 Å². The zero-order valence-corrected chi connectivity index (χ0v) is 12.9. The quantitative estimate of drug-likeness (QED) is 0.826. The van der Waals surface area contributed by atoms with Gasteiger partial charge in [0, 0.05) is 37.7 Å². The number of pyridine rings is 1. The summed E-state index contributed by atoms with van der Waals surface area (Å²) in [5, 5.41) is 9.21. The van der Waals surface area contributed by atoms with Crippen molar-refractivity contribution in [2.75, 3.05) is 24.5 Å². The normalized spacial score (nSPS) is 28.2. The standard InChI is InChI=1S/C17H18N4O2/c18-10-17(4-5-17)15(23)20-8-6-16(11-20)9-14(22)21(12-16)13-3-1-2-7-19-13/h1-3,7H,4-6,8-9,11-12H2/t16-/m1/s1. The highest BCUT2D eigenvalue weighted by Gasteiger charge is 2.56. The van der Waals surface area contributed by atoms with Gasteiger partial charge in [-0.1, -0.05) is 6.07 Å². The molecule has 6 heteroatoms. The Kier molecular flexibility index (Phi) is 2.95. The van der Waals surface area contributed by atoms with Crippen LogP contribution in [0, 0.1) is 22.2 Å². The molecule has 0 bridgehead atoms. The largest absolute Gasteiger partial charge is 0.341 e. The molecule has 1 aliphatic carbocycles. The molecule has 1 aromatic rings. The van der Waals surface area contributed by atoms with Gasteiger partial charge in [0.25, 0.3) is 0 Å². The van der Waals surface area contributed by atoms with Crippen LogP contribution in [-0.2, 0) is 9.59 Å². The number of nitrogens with zero attached hydrogens (tertiary/aromatic N) is 4. The lowest BCUT2D eigenvalue weighted by Crippen LogP contribution is -2.38. The van der Waals surface area contributed by atoms with Crippen LogP contribution in [0.5, 0.6) is 0 Å². The van der Waals surface area contributed by atoms with E-state index in [1.54, 1.807) is 16.0 Å². The van der Waals surface area contributed by atoms with E-state index in [4.69, 9.17) is 0 Å². The van der Waals surface area contributed by atoms with E-state index in [0.717, 1.165) is 6.42 Å². The molecular weight excluding hydrogens is 292 g/mol. The minimum atomic E-state index is -0.769. The average molecular weight is 310 g/mol. The van der Waals surface area contributed by atoms with Gasteiger partial charge < -0.3 is 4.90 Å². The summed E-state index contributed by atoms with van der Waals surface area (Å²) in [5.74, 6) is 0.704. The van der Waals surface area contributed by atoms with Gasteiger partial charge in [-0.3, -0.25) is 14.5 Å². The van der Waals surface area contributed by atoms with Crippen molar-refractivity contribution in [1.82, 2.24) is 9.88 Å². The topological polar surface area (TPSA) is 77.3 Å². The monoisotopic (exact) mass is 310 g/mol. The maximum Gasteiger partial charge on any atom is 0.243 e. The Bertz CT molecular complexity index is 707. The van der Waals surface area contributed by atoms with Crippen LogP contribution >= 0.6 is 0 Å². The summed E-state index contributed by atoms with van der Waals surface area (Å²) in [4.78, 5) is 32.7. The fourth-order valence-electron chi connectivity index (χ4n) is 3.80. The van der Waals surface area contributed by atoms with Gasteiger partial charge in [0.2, 0.25) is 11.8 Å². The van der Waals surface area contributed by atoms with Gasteiger partial charge in [-0.2, -0.15) is 5.26 Å². The third-order valence-corrected chi connectivity index (χ3v) is 5.35. The Morgan fingerprint density at radius 1 is 1.26 bits per heavy atom. The van der Waals surface area contributed by atoms with Crippen LogP contribution in [0.15, 0.2) is 24.4 Å². The van der Waals surface area contributed by atoms with E-state index in [-0.39, 0.29) is 17.2 Å². The number of rotatable bonds is 2. The number of anilines is 1. The zero-order valence-electron chi connectivity index (χ0n) is 12.9. The number of likely N-dealkylation sites (tertiary alicyclic amines) is 1. The van der Waals surface area contributed by atoms with E-state index in [9.17, 15) is 14.9 Å². The summed E-state index contributed by atoms with van der Waals surface area (Å²) < 4.78 is 0. The average Bonchev–Trinajstić information content (AvgIpc) is 3.18. The highest BCUT2D eigenvalue weighted by atomic mass is 16.2. The van der Waals surface area contributed by atoms with Crippen molar-refractivity contribution in [1.29, 1.82) is 5.26 Å². The molecule has 1 saturated carbocycles. The van der Waals surface area contributed by atoms with Gasteiger partial charge in [0.15, 0.2) is 0 Å². The number of carbonyl (C=O) groups is 2. The highest BCUT2D eigenvalue weighted by molar-refractivity contribution is 5.96. The zero-order chi connectivity index (χ0) is 16.1. The van der Waals surface area contributed by atoms with Gasteiger partial charge in [-0.15, -0.1) is 0 Å². The van der Waals surface area contributed by atoms with E-state index in [2.05, 4.69) is 11.1 Å².